The van der Waals surface area contributed by atoms with Crippen LogP contribution in [0.1, 0.15) is 13.3 Å². The lowest BCUT2D eigenvalue weighted by Gasteiger charge is -2.06. The molecule has 0 amide bonds. The van der Waals surface area contributed by atoms with Gasteiger partial charge >= 0.3 is 0 Å². The summed E-state index contributed by atoms with van der Waals surface area (Å²) in [7, 11) is 0. The lowest BCUT2D eigenvalue weighted by Crippen LogP contribution is -1.99. The molecule has 0 N–H and O–H groups in total. The maximum atomic E-state index is 5.68. The normalized spacial score (nSPS) is 10.6. The third-order valence-corrected chi connectivity index (χ3v) is 3.46. The predicted molar refractivity (Wildman–Crippen MR) is 74.9 cm³/mol. The molecular weight excluding hydrogens is 230 g/mol. The Kier molecular flexibility index (Phi) is 4.68. The number of aromatic nitrogens is 1. The van der Waals surface area contributed by atoms with E-state index in [9.17, 15) is 0 Å². The van der Waals surface area contributed by atoms with Crippen molar-refractivity contribution in [2.24, 2.45) is 0 Å². The molecule has 0 aliphatic heterocycles. The Morgan fingerprint density at radius 1 is 1.29 bits per heavy atom. The van der Waals surface area contributed by atoms with Crippen molar-refractivity contribution < 1.29 is 4.74 Å². The van der Waals surface area contributed by atoms with E-state index in [-0.39, 0.29) is 0 Å². The molecule has 0 fully saturated rings. The van der Waals surface area contributed by atoms with Crippen LogP contribution in [0.3, 0.4) is 0 Å². The summed E-state index contributed by atoms with van der Waals surface area (Å²) in [4.78, 5) is 4.37. The number of para-hydroxylation sites is 1. The summed E-state index contributed by atoms with van der Waals surface area (Å²) in [6, 6.07) is 10.1. The van der Waals surface area contributed by atoms with Crippen LogP contribution in [0, 0.1) is 0 Å². The molecule has 1 aromatic heterocycles. The maximum absolute atomic E-state index is 5.68. The summed E-state index contributed by atoms with van der Waals surface area (Å²) in [5, 5.41) is 1.13. The third-order valence-electron chi connectivity index (χ3n) is 2.47. The second-order valence-electron chi connectivity index (χ2n) is 3.76. The van der Waals surface area contributed by atoms with Crippen LogP contribution in [0.2, 0.25) is 0 Å². The molecule has 17 heavy (non-hydrogen) atoms. The van der Waals surface area contributed by atoms with Crippen molar-refractivity contribution >= 4 is 22.7 Å². The van der Waals surface area contributed by atoms with Crippen molar-refractivity contribution in [1.82, 2.24) is 4.98 Å². The van der Waals surface area contributed by atoms with Crippen molar-refractivity contribution in [3.63, 3.8) is 0 Å². The highest BCUT2D eigenvalue weighted by Crippen LogP contribution is 2.18. The summed E-state index contributed by atoms with van der Waals surface area (Å²) in [5.74, 6) is 3.21. The van der Waals surface area contributed by atoms with Gasteiger partial charge in [0.2, 0.25) is 0 Å². The Morgan fingerprint density at radius 2 is 2.18 bits per heavy atom. The number of rotatable bonds is 6. The molecule has 2 nitrogen and oxygen atoms in total. The van der Waals surface area contributed by atoms with E-state index in [1.165, 1.54) is 5.75 Å². The highest BCUT2D eigenvalue weighted by molar-refractivity contribution is 7.99. The number of hydrogen-bond acceptors (Lipinski definition) is 3. The van der Waals surface area contributed by atoms with Crippen LogP contribution in [-0.2, 0) is 0 Å². The molecule has 2 aromatic rings. The van der Waals surface area contributed by atoms with Crippen LogP contribution in [0.15, 0.2) is 36.5 Å². The minimum atomic E-state index is 0.771. The first-order valence-electron chi connectivity index (χ1n) is 5.95. The van der Waals surface area contributed by atoms with E-state index in [0.29, 0.717) is 0 Å². The minimum Gasteiger partial charge on any atom is -0.492 e. The number of hydrogen-bond donors (Lipinski definition) is 0. The fourth-order valence-corrected chi connectivity index (χ4v) is 2.24. The molecule has 0 spiro atoms. The summed E-state index contributed by atoms with van der Waals surface area (Å²) >= 11 is 1.95. The smallest absolute Gasteiger partial charge is 0.138 e. The number of thioether (sulfide) groups is 1. The molecule has 90 valence electrons. The molecule has 0 unspecified atom stereocenters. The SMILES string of the molecule is CCSCCCOc1cnc2ccccc2c1. The van der Waals surface area contributed by atoms with Gasteiger partial charge < -0.3 is 4.74 Å². The predicted octanol–water partition coefficient (Wildman–Crippen LogP) is 3.76. The van der Waals surface area contributed by atoms with E-state index >= 15 is 0 Å². The summed E-state index contributed by atoms with van der Waals surface area (Å²) in [6.45, 7) is 2.95. The number of nitrogens with zero attached hydrogens (tertiary/aromatic N) is 1. The van der Waals surface area contributed by atoms with E-state index in [1.807, 2.05) is 30.0 Å². The molecule has 0 radical (unpaired) electrons. The molecule has 1 aromatic carbocycles. The number of fused-ring (bicyclic) bond motifs is 1. The number of pyridine rings is 1. The maximum Gasteiger partial charge on any atom is 0.138 e. The number of ether oxygens (including phenoxy) is 1. The molecule has 0 saturated heterocycles. The first kappa shape index (κ1) is 12.2. The standard InChI is InChI=1S/C14H17NOS/c1-2-17-9-5-8-16-13-10-12-6-3-4-7-14(12)15-11-13/h3-4,6-7,10-11H,2,5,8-9H2,1H3. The van der Waals surface area contributed by atoms with E-state index in [1.54, 1.807) is 6.20 Å². The molecular formula is C14H17NOS. The second-order valence-corrected chi connectivity index (χ2v) is 5.16. The number of benzene rings is 1. The van der Waals surface area contributed by atoms with Gasteiger partial charge in [0.1, 0.15) is 5.75 Å². The summed E-state index contributed by atoms with van der Waals surface area (Å²) in [5.41, 5.74) is 1.02. The largest absolute Gasteiger partial charge is 0.492 e. The topological polar surface area (TPSA) is 22.1 Å². The molecule has 0 aliphatic carbocycles. The van der Waals surface area contributed by atoms with Crippen LogP contribution in [0.4, 0.5) is 0 Å². The van der Waals surface area contributed by atoms with E-state index in [0.717, 1.165) is 35.4 Å². The van der Waals surface area contributed by atoms with Crippen molar-refractivity contribution in [2.45, 2.75) is 13.3 Å². The molecule has 1 heterocycles. The van der Waals surface area contributed by atoms with Crippen LogP contribution >= 0.6 is 11.8 Å². The van der Waals surface area contributed by atoms with Crippen LogP contribution in [0.25, 0.3) is 10.9 Å². The molecule has 3 heteroatoms. The van der Waals surface area contributed by atoms with Crippen molar-refractivity contribution in [3.8, 4) is 5.75 Å². The summed E-state index contributed by atoms with van der Waals surface area (Å²) < 4.78 is 5.68. The average Bonchev–Trinajstić information content (AvgIpc) is 2.38. The Bertz CT molecular complexity index is 472. The Labute approximate surface area is 106 Å². The van der Waals surface area contributed by atoms with E-state index in [2.05, 4.69) is 24.0 Å². The van der Waals surface area contributed by atoms with Crippen LogP contribution in [-0.4, -0.2) is 23.1 Å². The third kappa shape index (κ3) is 3.63. The van der Waals surface area contributed by atoms with Crippen molar-refractivity contribution in [1.29, 1.82) is 0 Å². The van der Waals surface area contributed by atoms with Gasteiger partial charge in [-0.25, -0.2) is 0 Å². The lowest BCUT2D eigenvalue weighted by atomic mass is 10.2. The van der Waals surface area contributed by atoms with Gasteiger partial charge in [0.15, 0.2) is 0 Å². The van der Waals surface area contributed by atoms with Gasteiger partial charge in [0, 0.05) is 5.39 Å². The van der Waals surface area contributed by atoms with Crippen molar-refractivity contribution in [3.05, 3.63) is 36.5 Å². The van der Waals surface area contributed by atoms with Crippen LogP contribution in [0.5, 0.6) is 5.75 Å². The summed E-state index contributed by atoms with van der Waals surface area (Å²) in [6.07, 6.45) is 2.89. The molecule has 2 rings (SSSR count). The van der Waals surface area contributed by atoms with Gasteiger partial charge in [-0.3, -0.25) is 4.98 Å². The highest BCUT2D eigenvalue weighted by Gasteiger charge is 1.98. The molecule has 0 atom stereocenters. The van der Waals surface area contributed by atoms with Gasteiger partial charge in [0.25, 0.3) is 0 Å². The molecule has 0 aliphatic rings. The molecule has 0 saturated carbocycles. The lowest BCUT2D eigenvalue weighted by molar-refractivity contribution is 0.318. The van der Waals surface area contributed by atoms with Gasteiger partial charge in [-0.1, -0.05) is 25.1 Å². The Hall–Kier alpha value is -1.22. The van der Waals surface area contributed by atoms with Gasteiger partial charge in [-0.05, 0) is 30.1 Å². The second kappa shape index (κ2) is 6.50. The zero-order chi connectivity index (χ0) is 11.9. The van der Waals surface area contributed by atoms with E-state index in [4.69, 9.17) is 4.74 Å². The monoisotopic (exact) mass is 247 g/mol. The fourth-order valence-electron chi connectivity index (χ4n) is 1.63. The van der Waals surface area contributed by atoms with Crippen LogP contribution < -0.4 is 4.74 Å². The van der Waals surface area contributed by atoms with Gasteiger partial charge in [-0.15, -0.1) is 0 Å². The van der Waals surface area contributed by atoms with E-state index < -0.39 is 0 Å². The highest BCUT2D eigenvalue weighted by atomic mass is 32.2. The fraction of sp³-hybridized carbons (Fsp3) is 0.357. The zero-order valence-electron chi connectivity index (χ0n) is 10.1. The zero-order valence-corrected chi connectivity index (χ0v) is 10.9. The first-order valence-corrected chi connectivity index (χ1v) is 7.11. The minimum absolute atomic E-state index is 0.771. The molecule has 0 bridgehead atoms. The first-order chi connectivity index (χ1) is 8.40. The Morgan fingerprint density at radius 3 is 3.06 bits per heavy atom. The van der Waals surface area contributed by atoms with Gasteiger partial charge in [0.05, 0.1) is 18.3 Å². The Balaban J connectivity index is 1.90. The van der Waals surface area contributed by atoms with Gasteiger partial charge in [-0.2, -0.15) is 11.8 Å². The van der Waals surface area contributed by atoms with Crippen molar-refractivity contribution in [2.75, 3.05) is 18.1 Å². The average molecular weight is 247 g/mol. The quantitative estimate of drug-likeness (QED) is 0.726.